The molecule has 1 atom stereocenters. The summed E-state index contributed by atoms with van der Waals surface area (Å²) in [5, 5.41) is 9.48. The number of aromatic amines is 1. The van der Waals surface area contributed by atoms with Crippen molar-refractivity contribution in [3.8, 4) is 6.07 Å². The number of imidazole rings is 1. The van der Waals surface area contributed by atoms with Crippen LogP contribution in [0.5, 0.6) is 0 Å². The molecule has 206 valence electrons. The average molecular weight is 565 g/mol. The third-order valence-corrected chi connectivity index (χ3v) is 9.31. The zero-order valence-corrected chi connectivity index (χ0v) is 23.2. The number of aryl methyl sites for hydroxylation is 3. The van der Waals surface area contributed by atoms with Crippen LogP contribution < -0.4 is 0 Å². The first-order valence-corrected chi connectivity index (χ1v) is 14.3. The lowest BCUT2D eigenvalue weighted by molar-refractivity contribution is -0.180. The van der Waals surface area contributed by atoms with Crippen molar-refractivity contribution in [1.82, 2.24) is 13.9 Å². The number of nitrogens with zero attached hydrogens (tertiary/aromatic N) is 3. The molecule has 0 aliphatic heterocycles. The van der Waals surface area contributed by atoms with Crippen molar-refractivity contribution in [1.29, 1.82) is 5.26 Å². The fourth-order valence-corrected chi connectivity index (χ4v) is 7.02. The Morgan fingerprint density at radius 1 is 1.02 bits per heavy atom. The zero-order valence-electron chi connectivity index (χ0n) is 22.4. The van der Waals surface area contributed by atoms with Gasteiger partial charge in [0.2, 0.25) is 0 Å². The fourth-order valence-electron chi connectivity index (χ4n) is 5.60. The highest BCUT2D eigenvalue weighted by atomic mass is 32.2. The Morgan fingerprint density at radius 2 is 1.73 bits per heavy atom. The van der Waals surface area contributed by atoms with Crippen LogP contribution in [0.25, 0.3) is 21.9 Å². The molecule has 0 saturated carbocycles. The third-order valence-electron chi connectivity index (χ3n) is 7.62. The molecule has 3 aromatic carbocycles. The summed E-state index contributed by atoms with van der Waals surface area (Å²) >= 11 is 0. The molecule has 0 aliphatic carbocycles. The standard InChI is InChI=1S/C30H27F3N4O2S/c1-5-21-15-19(4)27-23(13-14-37(27)40(38,39)22-10-7-18(3)8-11-22)26(21)29(6-2,30(31,32)33)28-35-24-12-9-20(17-34)16-25(24)36-28/h7-16H,5-6H2,1-4H3,(H,35,36). The predicted molar refractivity (Wildman–Crippen MR) is 148 cm³/mol. The fraction of sp³-hybridized carbons (Fsp3) is 0.267. The van der Waals surface area contributed by atoms with Gasteiger partial charge in [-0.05, 0) is 79.8 Å². The van der Waals surface area contributed by atoms with Gasteiger partial charge in [0.25, 0.3) is 10.0 Å². The van der Waals surface area contributed by atoms with Crippen molar-refractivity contribution in [2.45, 2.75) is 57.0 Å². The lowest BCUT2D eigenvalue weighted by atomic mass is 9.72. The summed E-state index contributed by atoms with van der Waals surface area (Å²) in [6.07, 6.45) is -3.57. The van der Waals surface area contributed by atoms with E-state index in [9.17, 15) is 13.7 Å². The topological polar surface area (TPSA) is 91.5 Å². The number of nitrogens with one attached hydrogen (secondary N) is 1. The number of benzene rings is 3. The molecular weight excluding hydrogens is 537 g/mol. The van der Waals surface area contributed by atoms with Gasteiger partial charge in [-0.1, -0.05) is 37.6 Å². The minimum absolute atomic E-state index is 0.0250. The summed E-state index contributed by atoms with van der Waals surface area (Å²) in [6, 6.07) is 15.9. The van der Waals surface area contributed by atoms with Crippen molar-refractivity contribution in [2.24, 2.45) is 0 Å². The molecule has 0 amide bonds. The lowest BCUT2D eigenvalue weighted by Crippen LogP contribution is -2.45. The number of H-pyrrole nitrogens is 1. The van der Waals surface area contributed by atoms with Crippen molar-refractivity contribution in [2.75, 3.05) is 0 Å². The van der Waals surface area contributed by atoms with E-state index in [1.54, 1.807) is 32.0 Å². The highest BCUT2D eigenvalue weighted by Crippen LogP contribution is 2.52. The van der Waals surface area contributed by atoms with Gasteiger partial charge in [0.1, 0.15) is 11.2 Å². The van der Waals surface area contributed by atoms with Crippen molar-refractivity contribution < 1.29 is 21.6 Å². The first kappa shape index (κ1) is 27.5. The van der Waals surface area contributed by atoms with Crippen LogP contribution in [0.15, 0.2) is 65.7 Å². The van der Waals surface area contributed by atoms with Crippen LogP contribution in [0.3, 0.4) is 0 Å². The van der Waals surface area contributed by atoms with E-state index in [0.717, 1.165) is 9.54 Å². The Bertz CT molecular complexity index is 1910. The van der Waals surface area contributed by atoms with Crippen LogP contribution in [0.1, 0.15) is 53.9 Å². The first-order valence-electron chi connectivity index (χ1n) is 12.8. The third kappa shape index (κ3) is 3.99. The van der Waals surface area contributed by atoms with Gasteiger partial charge in [0.15, 0.2) is 0 Å². The maximum atomic E-state index is 15.5. The second-order valence-corrected chi connectivity index (χ2v) is 11.8. The molecule has 0 bridgehead atoms. The minimum Gasteiger partial charge on any atom is -0.341 e. The van der Waals surface area contributed by atoms with Gasteiger partial charge < -0.3 is 4.98 Å². The van der Waals surface area contributed by atoms with Crippen LogP contribution in [0, 0.1) is 25.2 Å². The lowest BCUT2D eigenvalue weighted by Gasteiger charge is -2.36. The number of hydrogen-bond donors (Lipinski definition) is 1. The number of rotatable bonds is 6. The highest BCUT2D eigenvalue weighted by molar-refractivity contribution is 7.90. The molecule has 2 heterocycles. The molecule has 0 spiro atoms. The Hall–Kier alpha value is -4.10. The van der Waals surface area contributed by atoms with E-state index in [2.05, 4.69) is 9.97 Å². The minimum atomic E-state index is -4.79. The molecule has 40 heavy (non-hydrogen) atoms. The second kappa shape index (κ2) is 9.52. The normalized spacial score (nSPS) is 13.9. The van der Waals surface area contributed by atoms with Gasteiger partial charge in [0.05, 0.1) is 33.1 Å². The molecule has 0 aliphatic rings. The molecule has 0 fully saturated rings. The summed E-state index contributed by atoms with van der Waals surface area (Å²) in [6.45, 7) is 6.77. The average Bonchev–Trinajstić information content (AvgIpc) is 3.55. The summed E-state index contributed by atoms with van der Waals surface area (Å²) in [5.74, 6) is -0.304. The second-order valence-electron chi connectivity index (χ2n) is 9.96. The Kier molecular flexibility index (Phi) is 6.54. The van der Waals surface area contributed by atoms with Crippen molar-refractivity contribution >= 4 is 32.0 Å². The number of fused-ring (bicyclic) bond motifs is 2. The van der Waals surface area contributed by atoms with Gasteiger partial charge >= 0.3 is 6.18 Å². The molecule has 2 aromatic heterocycles. The summed E-state index contributed by atoms with van der Waals surface area (Å²) in [4.78, 5) is 7.28. The van der Waals surface area contributed by atoms with E-state index < -0.39 is 21.6 Å². The van der Waals surface area contributed by atoms with Crippen LogP contribution in [0.2, 0.25) is 0 Å². The van der Waals surface area contributed by atoms with E-state index in [1.165, 1.54) is 49.5 Å². The van der Waals surface area contributed by atoms with Crippen LogP contribution in [0.4, 0.5) is 13.2 Å². The van der Waals surface area contributed by atoms with Crippen molar-refractivity contribution in [3.63, 3.8) is 0 Å². The maximum Gasteiger partial charge on any atom is 0.405 e. The van der Waals surface area contributed by atoms with E-state index in [4.69, 9.17) is 0 Å². The summed E-state index contributed by atoms with van der Waals surface area (Å²) in [7, 11) is -4.10. The Balaban J connectivity index is 1.87. The van der Waals surface area contributed by atoms with Gasteiger partial charge in [-0.3, -0.25) is 0 Å². The molecule has 0 saturated heterocycles. The molecule has 5 aromatic rings. The summed E-state index contributed by atoms with van der Waals surface area (Å²) in [5.41, 5.74) is 0.389. The molecule has 1 N–H and O–H groups in total. The Labute approximate surface area is 230 Å². The van der Waals surface area contributed by atoms with Gasteiger partial charge in [-0.2, -0.15) is 18.4 Å². The molecule has 10 heteroatoms. The highest BCUT2D eigenvalue weighted by Gasteiger charge is 2.59. The van der Waals surface area contributed by atoms with Gasteiger partial charge in [0, 0.05) is 11.6 Å². The molecule has 0 radical (unpaired) electrons. The monoisotopic (exact) mass is 564 g/mol. The molecule has 1 unspecified atom stereocenters. The number of nitriles is 1. The van der Waals surface area contributed by atoms with Crippen LogP contribution >= 0.6 is 0 Å². The summed E-state index contributed by atoms with van der Waals surface area (Å²) < 4.78 is 74.9. The SMILES string of the molecule is CCc1cc(C)c2c(ccn2S(=O)(=O)c2ccc(C)cc2)c1C(CC)(c1nc2ccc(C#N)cc2[nH]1)C(F)(F)F. The predicted octanol–water partition coefficient (Wildman–Crippen LogP) is 7.06. The Morgan fingerprint density at radius 3 is 2.33 bits per heavy atom. The van der Waals surface area contributed by atoms with Crippen LogP contribution in [-0.2, 0) is 21.9 Å². The maximum absolute atomic E-state index is 15.5. The smallest absolute Gasteiger partial charge is 0.341 e. The van der Waals surface area contributed by atoms with Crippen LogP contribution in [-0.4, -0.2) is 28.5 Å². The van der Waals surface area contributed by atoms with Crippen molar-refractivity contribution in [3.05, 3.63) is 94.4 Å². The molecular formula is C30H27F3N4O2S. The van der Waals surface area contributed by atoms with E-state index >= 15 is 13.2 Å². The van der Waals surface area contributed by atoms with E-state index in [1.807, 2.05) is 13.0 Å². The molecule has 6 nitrogen and oxygen atoms in total. The first-order chi connectivity index (χ1) is 18.9. The van der Waals surface area contributed by atoms with E-state index in [0.29, 0.717) is 34.1 Å². The van der Waals surface area contributed by atoms with E-state index in [-0.39, 0.29) is 33.6 Å². The molecule has 5 rings (SSSR count). The van der Waals surface area contributed by atoms with Gasteiger partial charge in [-0.25, -0.2) is 17.4 Å². The number of hydrogen-bond acceptors (Lipinski definition) is 4. The van der Waals surface area contributed by atoms with Gasteiger partial charge in [-0.15, -0.1) is 0 Å². The number of halogens is 3. The largest absolute Gasteiger partial charge is 0.405 e. The number of aromatic nitrogens is 3. The quantitative estimate of drug-likeness (QED) is 0.239. The number of alkyl halides is 3. The zero-order chi connectivity index (χ0) is 29.0.